The number of halogens is 1. The summed E-state index contributed by atoms with van der Waals surface area (Å²) in [5, 5.41) is 3.29. The Morgan fingerprint density at radius 1 is 1.43 bits per heavy atom. The van der Waals surface area contributed by atoms with E-state index < -0.39 is 10.0 Å². The van der Waals surface area contributed by atoms with Crippen molar-refractivity contribution in [1.82, 2.24) is 14.9 Å². The van der Waals surface area contributed by atoms with E-state index in [0.29, 0.717) is 34.4 Å². The molecule has 1 aromatic heterocycles. The average molecular weight is 398 g/mol. The Labute approximate surface area is 140 Å². The molecule has 2 N–H and O–H groups in total. The quantitative estimate of drug-likeness (QED) is 0.670. The van der Waals surface area contributed by atoms with Crippen LogP contribution < -0.4 is 10.0 Å². The van der Waals surface area contributed by atoms with Crippen LogP contribution in [0.15, 0.2) is 14.7 Å². The Bertz CT molecular complexity index is 544. The van der Waals surface area contributed by atoms with Crippen LogP contribution in [-0.2, 0) is 16.6 Å². The summed E-state index contributed by atoms with van der Waals surface area (Å²) in [6.07, 6.45) is 0. The highest BCUT2D eigenvalue weighted by atomic mass is 79.9. The van der Waals surface area contributed by atoms with Gasteiger partial charge in [-0.2, -0.15) is 0 Å². The Kier molecular flexibility index (Phi) is 7.80. The zero-order chi connectivity index (χ0) is 16.0. The zero-order valence-electron chi connectivity index (χ0n) is 12.9. The normalized spacial score (nSPS) is 12.5. The Hall–Kier alpha value is 0.01000. The molecule has 0 aliphatic carbocycles. The highest BCUT2D eigenvalue weighted by Gasteiger charge is 2.20. The van der Waals surface area contributed by atoms with E-state index in [1.807, 2.05) is 14.0 Å². The minimum absolute atomic E-state index is 0.326. The standard InChI is InChI=1S/C13H24BrN3O2S2/c1-5-17(4)7-6-16-21(18,19)12-8-11(20-13(12)14)9-15-10(2)3/h8,10,15-16H,5-7,9H2,1-4H3. The highest BCUT2D eigenvalue weighted by molar-refractivity contribution is 9.11. The Morgan fingerprint density at radius 3 is 2.67 bits per heavy atom. The summed E-state index contributed by atoms with van der Waals surface area (Å²) >= 11 is 4.81. The molecule has 0 aliphatic heterocycles. The molecular formula is C13H24BrN3O2S2. The fourth-order valence-corrected chi connectivity index (χ4v) is 5.23. The lowest BCUT2D eigenvalue weighted by molar-refractivity contribution is 0.358. The molecule has 0 spiro atoms. The fraction of sp³-hybridized carbons (Fsp3) is 0.692. The van der Waals surface area contributed by atoms with E-state index >= 15 is 0 Å². The van der Waals surface area contributed by atoms with Gasteiger partial charge >= 0.3 is 0 Å². The van der Waals surface area contributed by atoms with E-state index in [-0.39, 0.29) is 0 Å². The van der Waals surface area contributed by atoms with Gasteiger partial charge in [-0.15, -0.1) is 11.3 Å². The van der Waals surface area contributed by atoms with E-state index in [2.05, 4.69) is 44.7 Å². The van der Waals surface area contributed by atoms with Crippen molar-refractivity contribution in [2.24, 2.45) is 0 Å². The van der Waals surface area contributed by atoms with Crippen LogP contribution in [0.25, 0.3) is 0 Å². The van der Waals surface area contributed by atoms with E-state index in [1.54, 1.807) is 6.07 Å². The van der Waals surface area contributed by atoms with Crippen molar-refractivity contribution in [3.05, 3.63) is 14.7 Å². The number of thiophene rings is 1. The first-order valence-corrected chi connectivity index (χ1v) is 10.0. The van der Waals surface area contributed by atoms with Gasteiger partial charge in [0.2, 0.25) is 10.0 Å². The molecule has 1 rings (SSSR count). The number of likely N-dealkylation sites (N-methyl/N-ethyl adjacent to an activating group) is 1. The van der Waals surface area contributed by atoms with Gasteiger partial charge in [-0.3, -0.25) is 0 Å². The van der Waals surface area contributed by atoms with Crippen molar-refractivity contribution < 1.29 is 8.42 Å². The van der Waals surface area contributed by atoms with Gasteiger partial charge in [0.1, 0.15) is 4.90 Å². The second-order valence-electron chi connectivity index (χ2n) is 5.18. The molecule has 0 saturated heterocycles. The molecule has 0 bridgehead atoms. The van der Waals surface area contributed by atoms with Gasteiger partial charge in [-0.1, -0.05) is 20.8 Å². The molecule has 1 heterocycles. The SMILES string of the molecule is CCN(C)CCNS(=O)(=O)c1cc(CNC(C)C)sc1Br. The summed E-state index contributed by atoms with van der Waals surface area (Å²) in [4.78, 5) is 3.39. The molecular weight excluding hydrogens is 374 g/mol. The summed E-state index contributed by atoms with van der Waals surface area (Å²) in [6, 6.07) is 2.10. The average Bonchev–Trinajstić information content (AvgIpc) is 2.78. The maximum atomic E-state index is 12.3. The number of hydrogen-bond donors (Lipinski definition) is 2. The van der Waals surface area contributed by atoms with Gasteiger partial charge in [-0.05, 0) is 35.6 Å². The first-order chi connectivity index (χ1) is 9.76. The van der Waals surface area contributed by atoms with Crippen LogP contribution in [0.4, 0.5) is 0 Å². The number of nitrogens with zero attached hydrogens (tertiary/aromatic N) is 1. The largest absolute Gasteiger partial charge is 0.310 e. The van der Waals surface area contributed by atoms with Crippen LogP contribution >= 0.6 is 27.3 Å². The van der Waals surface area contributed by atoms with Crippen molar-refractivity contribution in [2.45, 2.75) is 38.3 Å². The summed E-state index contributed by atoms with van der Waals surface area (Å²) in [7, 11) is -1.49. The summed E-state index contributed by atoms with van der Waals surface area (Å²) in [6.45, 7) is 8.84. The van der Waals surface area contributed by atoms with Crippen LogP contribution in [0, 0.1) is 0 Å². The van der Waals surface area contributed by atoms with Crippen molar-refractivity contribution in [3.8, 4) is 0 Å². The molecule has 5 nitrogen and oxygen atoms in total. The van der Waals surface area contributed by atoms with Crippen LogP contribution in [0.1, 0.15) is 25.6 Å². The van der Waals surface area contributed by atoms with Gasteiger partial charge in [-0.25, -0.2) is 13.1 Å². The number of rotatable bonds is 9. The summed E-state index contributed by atoms with van der Waals surface area (Å²) in [5.74, 6) is 0. The van der Waals surface area contributed by atoms with Gasteiger partial charge in [0.25, 0.3) is 0 Å². The number of nitrogens with one attached hydrogen (secondary N) is 2. The number of sulfonamides is 1. The molecule has 0 aliphatic rings. The maximum Gasteiger partial charge on any atom is 0.242 e. The third-order valence-corrected chi connectivity index (χ3v) is 6.72. The second-order valence-corrected chi connectivity index (χ2v) is 9.37. The third-order valence-electron chi connectivity index (χ3n) is 3.01. The van der Waals surface area contributed by atoms with E-state index in [9.17, 15) is 8.42 Å². The fourth-order valence-electron chi connectivity index (χ4n) is 1.58. The van der Waals surface area contributed by atoms with Gasteiger partial charge < -0.3 is 10.2 Å². The lowest BCUT2D eigenvalue weighted by Crippen LogP contribution is -2.32. The molecule has 122 valence electrons. The topological polar surface area (TPSA) is 61.4 Å². The monoisotopic (exact) mass is 397 g/mol. The predicted octanol–water partition coefficient (Wildman–Crippen LogP) is 2.24. The second kappa shape index (κ2) is 8.59. The molecule has 0 atom stereocenters. The zero-order valence-corrected chi connectivity index (χ0v) is 16.2. The molecule has 0 amide bonds. The minimum atomic E-state index is -3.45. The molecule has 0 fully saturated rings. The molecule has 0 unspecified atom stereocenters. The van der Waals surface area contributed by atoms with Crippen LogP contribution in [-0.4, -0.2) is 46.0 Å². The van der Waals surface area contributed by atoms with E-state index in [4.69, 9.17) is 0 Å². The van der Waals surface area contributed by atoms with Crippen molar-refractivity contribution in [1.29, 1.82) is 0 Å². The third kappa shape index (κ3) is 6.33. The smallest absolute Gasteiger partial charge is 0.242 e. The van der Waals surface area contributed by atoms with Crippen LogP contribution in [0.5, 0.6) is 0 Å². The van der Waals surface area contributed by atoms with Gasteiger partial charge in [0, 0.05) is 30.6 Å². The first kappa shape index (κ1) is 19.1. The minimum Gasteiger partial charge on any atom is -0.310 e. The summed E-state index contributed by atoms with van der Waals surface area (Å²) < 4.78 is 27.9. The van der Waals surface area contributed by atoms with Crippen molar-refractivity contribution in [2.75, 3.05) is 26.7 Å². The van der Waals surface area contributed by atoms with Crippen molar-refractivity contribution in [3.63, 3.8) is 0 Å². The van der Waals surface area contributed by atoms with Gasteiger partial charge in [0.15, 0.2) is 0 Å². The van der Waals surface area contributed by atoms with Crippen molar-refractivity contribution >= 4 is 37.3 Å². The molecule has 8 heteroatoms. The molecule has 1 aromatic rings. The first-order valence-electron chi connectivity index (χ1n) is 6.96. The maximum absolute atomic E-state index is 12.3. The lowest BCUT2D eigenvalue weighted by Gasteiger charge is -2.13. The van der Waals surface area contributed by atoms with Crippen LogP contribution in [0.2, 0.25) is 0 Å². The number of hydrogen-bond acceptors (Lipinski definition) is 5. The van der Waals surface area contributed by atoms with Crippen LogP contribution in [0.3, 0.4) is 0 Å². The van der Waals surface area contributed by atoms with E-state index in [1.165, 1.54) is 11.3 Å². The lowest BCUT2D eigenvalue weighted by atomic mass is 10.4. The Balaban J connectivity index is 2.70. The molecule has 21 heavy (non-hydrogen) atoms. The highest BCUT2D eigenvalue weighted by Crippen LogP contribution is 2.31. The Morgan fingerprint density at radius 2 is 2.10 bits per heavy atom. The molecule has 0 aromatic carbocycles. The molecule has 0 saturated carbocycles. The summed E-state index contributed by atoms with van der Waals surface area (Å²) in [5.41, 5.74) is 0. The van der Waals surface area contributed by atoms with E-state index in [0.717, 1.165) is 11.4 Å². The van der Waals surface area contributed by atoms with Gasteiger partial charge in [0.05, 0.1) is 3.79 Å². The predicted molar refractivity (Wildman–Crippen MR) is 92.4 cm³/mol. The molecule has 0 radical (unpaired) electrons.